The van der Waals surface area contributed by atoms with Crippen LogP contribution in [0, 0.1) is 0 Å². The van der Waals surface area contributed by atoms with Crippen LogP contribution in [0.25, 0.3) is 20.6 Å². The molecule has 5 heteroatoms. The molecular formula is C12H9N3OS. The molecule has 0 atom stereocenters. The van der Waals surface area contributed by atoms with Crippen LogP contribution in [0.1, 0.15) is 11.3 Å². The van der Waals surface area contributed by atoms with Crippen LogP contribution in [0.3, 0.4) is 0 Å². The molecule has 1 aliphatic rings. The first-order valence-corrected chi connectivity index (χ1v) is 6.33. The van der Waals surface area contributed by atoms with Gasteiger partial charge in [-0.05, 0) is 6.07 Å². The number of rotatable bonds is 0. The summed E-state index contributed by atoms with van der Waals surface area (Å²) in [4.78, 5) is 14.4. The van der Waals surface area contributed by atoms with Gasteiger partial charge in [-0.15, -0.1) is 11.3 Å². The number of thiophene rings is 1. The van der Waals surface area contributed by atoms with Crippen molar-refractivity contribution in [2.45, 2.75) is 13.0 Å². The zero-order valence-corrected chi connectivity index (χ0v) is 9.83. The lowest BCUT2D eigenvalue weighted by molar-refractivity contribution is 0.109. The van der Waals surface area contributed by atoms with Crippen LogP contribution in [-0.2, 0) is 17.8 Å². The molecule has 3 aromatic rings. The van der Waals surface area contributed by atoms with Gasteiger partial charge in [0.25, 0.3) is 0 Å². The van der Waals surface area contributed by atoms with Gasteiger partial charge in [-0.25, -0.2) is 15.0 Å². The standard InChI is InChI=1S/C12H9N3OS/c1-4-16-6-7-5-9-10(15-8(1)7)11-12(17-9)14-3-2-13-11/h2-3,5H,1,4,6H2. The molecule has 4 heterocycles. The Bertz CT molecular complexity index is 722. The third-order valence-electron chi connectivity index (χ3n) is 2.99. The van der Waals surface area contributed by atoms with E-state index in [1.165, 1.54) is 5.56 Å². The molecule has 17 heavy (non-hydrogen) atoms. The minimum atomic E-state index is 0.674. The van der Waals surface area contributed by atoms with Crippen molar-refractivity contribution in [3.63, 3.8) is 0 Å². The fourth-order valence-corrected chi connectivity index (χ4v) is 3.19. The molecule has 3 aromatic heterocycles. The minimum absolute atomic E-state index is 0.674. The Kier molecular flexibility index (Phi) is 1.92. The van der Waals surface area contributed by atoms with Gasteiger partial charge in [0, 0.05) is 30.1 Å². The van der Waals surface area contributed by atoms with E-state index < -0.39 is 0 Å². The fraction of sp³-hybridized carbons (Fsp3) is 0.250. The first-order valence-electron chi connectivity index (χ1n) is 5.51. The van der Waals surface area contributed by atoms with E-state index in [1.54, 1.807) is 23.7 Å². The number of pyridine rings is 1. The molecule has 1 aliphatic heterocycles. The lowest BCUT2D eigenvalue weighted by atomic mass is 10.1. The average molecular weight is 243 g/mol. The van der Waals surface area contributed by atoms with Crippen LogP contribution < -0.4 is 0 Å². The lowest BCUT2D eigenvalue weighted by Gasteiger charge is -2.14. The zero-order valence-electron chi connectivity index (χ0n) is 9.01. The van der Waals surface area contributed by atoms with Crippen LogP contribution in [0.4, 0.5) is 0 Å². The molecule has 0 N–H and O–H groups in total. The van der Waals surface area contributed by atoms with Gasteiger partial charge < -0.3 is 4.74 Å². The summed E-state index contributed by atoms with van der Waals surface area (Å²) in [7, 11) is 0. The molecular weight excluding hydrogens is 234 g/mol. The topological polar surface area (TPSA) is 47.9 Å². The lowest BCUT2D eigenvalue weighted by Crippen LogP contribution is -2.11. The molecule has 0 aliphatic carbocycles. The smallest absolute Gasteiger partial charge is 0.144 e. The Labute approximate surface area is 101 Å². The predicted octanol–water partition coefficient (Wildman–Crippen LogP) is 2.31. The van der Waals surface area contributed by atoms with Crippen molar-refractivity contribution in [1.29, 1.82) is 0 Å². The molecule has 84 valence electrons. The second kappa shape index (κ2) is 3.45. The van der Waals surface area contributed by atoms with E-state index in [2.05, 4.69) is 16.0 Å². The number of hydrogen-bond donors (Lipinski definition) is 0. The Hall–Kier alpha value is -1.59. The van der Waals surface area contributed by atoms with E-state index in [4.69, 9.17) is 9.72 Å². The Balaban J connectivity index is 2.12. The normalized spacial score (nSPS) is 15.3. The average Bonchev–Trinajstić information content (AvgIpc) is 2.73. The third kappa shape index (κ3) is 1.36. The van der Waals surface area contributed by atoms with Gasteiger partial charge >= 0.3 is 0 Å². The molecule has 0 aromatic carbocycles. The van der Waals surface area contributed by atoms with Crippen LogP contribution in [0.2, 0.25) is 0 Å². The number of hydrogen-bond acceptors (Lipinski definition) is 5. The van der Waals surface area contributed by atoms with Gasteiger partial charge in [-0.2, -0.15) is 0 Å². The molecule has 0 radical (unpaired) electrons. The first kappa shape index (κ1) is 9.44. The maximum absolute atomic E-state index is 5.45. The largest absolute Gasteiger partial charge is 0.376 e. The summed E-state index contributed by atoms with van der Waals surface area (Å²) in [6.45, 7) is 1.44. The molecule has 4 nitrogen and oxygen atoms in total. The van der Waals surface area contributed by atoms with E-state index in [1.807, 2.05) is 0 Å². The van der Waals surface area contributed by atoms with Crippen LogP contribution in [-0.4, -0.2) is 21.6 Å². The van der Waals surface area contributed by atoms with E-state index in [-0.39, 0.29) is 0 Å². The van der Waals surface area contributed by atoms with Crippen molar-refractivity contribution in [3.05, 3.63) is 29.7 Å². The summed E-state index contributed by atoms with van der Waals surface area (Å²) in [6, 6.07) is 2.17. The molecule has 4 rings (SSSR count). The fourth-order valence-electron chi connectivity index (χ4n) is 2.18. The second-order valence-corrected chi connectivity index (χ2v) is 5.09. The van der Waals surface area contributed by atoms with Gasteiger partial charge in [0.05, 0.1) is 17.9 Å². The Morgan fingerprint density at radius 1 is 1.18 bits per heavy atom. The molecule has 0 saturated heterocycles. The number of aromatic nitrogens is 3. The summed E-state index contributed by atoms with van der Waals surface area (Å²) < 4.78 is 6.60. The highest BCUT2D eigenvalue weighted by Gasteiger charge is 2.15. The van der Waals surface area contributed by atoms with Crippen molar-refractivity contribution < 1.29 is 4.74 Å². The number of nitrogens with zero attached hydrogens (tertiary/aromatic N) is 3. The van der Waals surface area contributed by atoms with Crippen LogP contribution in [0.5, 0.6) is 0 Å². The van der Waals surface area contributed by atoms with Gasteiger partial charge in [0.15, 0.2) is 0 Å². The van der Waals surface area contributed by atoms with Gasteiger partial charge in [0.1, 0.15) is 15.9 Å². The molecule has 0 spiro atoms. The van der Waals surface area contributed by atoms with Crippen LogP contribution in [0.15, 0.2) is 18.5 Å². The van der Waals surface area contributed by atoms with E-state index in [0.717, 1.165) is 39.3 Å². The van der Waals surface area contributed by atoms with Gasteiger partial charge in [-0.1, -0.05) is 0 Å². The van der Waals surface area contributed by atoms with Crippen molar-refractivity contribution in [1.82, 2.24) is 15.0 Å². The third-order valence-corrected chi connectivity index (χ3v) is 4.02. The highest BCUT2D eigenvalue weighted by molar-refractivity contribution is 7.25. The van der Waals surface area contributed by atoms with Crippen molar-refractivity contribution in [2.75, 3.05) is 6.61 Å². The summed E-state index contributed by atoms with van der Waals surface area (Å²) in [5.74, 6) is 0. The van der Waals surface area contributed by atoms with Crippen molar-refractivity contribution >= 4 is 31.9 Å². The van der Waals surface area contributed by atoms with Gasteiger partial charge in [0.2, 0.25) is 0 Å². The number of fused-ring (bicyclic) bond motifs is 4. The van der Waals surface area contributed by atoms with Crippen LogP contribution >= 0.6 is 11.3 Å². The van der Waals surface area contributed by atoms with E-state index >= 15 is 0 Å². The molecule has 0 bridgehead atoms. The quantitative estimate of drug-likeness (QED) is 0.608. The monoisotopic (exact) mass is 243 g/mol. The number of ether oxygens (including phenoxy) is 1. The molecule has 0 amide bonds. The minimum Gasteiger partial charge on any atom is -0.376 e. The second-order valence-electron chi connectivity index (χ2n) is 4.06. The zero-order chi connectivity index (χ0) is 11.2. The molecule has 0 fully saturated rings. The molecule has 0 unspecified atom stereocenters. The first-order chi connectivity index (χ1) is 8.42. The van der Waals surface area contributed by atoms with Gasteiger partial charge in [-0.3, -0.25) is 0 Å². The van der Waals surface area contributed by atoms with E-state index in [0.29, 0.717) is 6.61 Å². The highest BCUT2D eigenvalue weighted by Crippen LogP contribution is 2.31. The maximum Gasteiger partial charge on any atom is 0.144 e. The summed E-state index contributed by atoms with van der Waals surface area (Å²) in [5.41, 5.74) is 4.25. The van der Waals surface area contributed by atoms with Crippen molar-refractivity contribution in [2.24, 2.45) is 0 Å². The molecule has 0 saturated carbocycles. The van der Waals surface area contributed by atoms with E-state index in [9.17, 15) is 0 Å². The SMILES string of the molecule is c1cnc2c(n1)sc1cc3c(nc12)CCOC3. The summed E-state index contributed by atoms with van der Waals surface area (Å²) in [5, 5.41) is 0. The summed E-state index contributed by atoms with van der Waals surface area (Å²) >= 11 is 1.64. The Morgan fingerprint density at radius 3 is 3.12 bits per heavy atom. The highest BCUT2D eigenvalue weighted by atomic mass is 32.1. The summed E-state index contributed by atoms with van der Waals surface area (Å²) in [6.07, 6.45) is 4.34. The maximum atomic E-state index is 5.45. The predicted molar refractivity (Wildman–Crippen MR) is 66.1 cm³/mol. The Morgan fingerprint density at radius 2 is 2.12 bits per heavy atom. The van der Waals surface area contributed by atoms with Crippen molar-refractivity contribution in [3.8, 4) is 0 Å².